The molecule has 0 radical (unpaired) electrons. The third kappa shape index (κ3) is 57.2. The Kier molecular flexibility index (Phi) is 55.7. The molecule has 0 aromatic rings. The summed E-state index contributed by atoms with van der Waals surface area (Å²) in [5.41, 5.74) is 0. The van der Waals surface area contributed by atoms with E-state index in [0.717, 1.165) is 120 Å². The minimum Gasteiger partial charge on any atom is -0.462 e. The Morgan fingerprint density at radius 2 is 0.558 bits per heavy atom. The molecule has 0 amide bonds. The predicted octanol–water partition coefficient (Wildman–Crippen LogP) is 18.5. The van der Waals surface area contributed by atoms with Crippen molar-refractivity contribution in [2.45, 2.75) is 343 Å². The number of ether oxygens (including phenoxy) is 4. The minimum atomic E-state index is -4.95. The van der Waals surface area contributed by atoms with E-state index in [9.17, 15) is 43.2 Å². The third-order valence-corrected chi connectivity index (χ3v) is 18.3. The van der Waals surface area contributed by atoms with Crippen LogP contribution in [0.4, 0.5) is 0 Å². The molecule has 3 N–H and O–H groups in total. The monoisotopic (exact) mass is 1270 g/mol. The molecule has 0 aliphatic carbocycles. The van der Waals surface area contributed by atoms with Crippen LogP contribution in [-0.2, 0) is 65.4 Å². The molecule has 0 aromatic carbocycles. The lowest BCUT2D eigenvalue weighted by Gasteiger charge is -2.21. The number of hydrogen-bond acceptors (Lipinski definition) is 15. The molecule has 0 spiro atoms. The molecule has 0 aromatic heterocycles. The highest BCUT2D eigenvalue weighted by atomic mass is 31.2. The maximum Gasteiger partial charge on any atom is 0.472 e. The average Bonchev–Trinajstić information content (AvgIpc) is 3.63. The summed E-state index contributed by atoms with van der Waals surface area (Å²) in [5, 5.41) is 10.6. The van der Waals surface area contributed by atoms with E-state index in [2.05, 4.69) is 55.4 Å². The van der Waals surface area contributed by atoms with E-state index in [0.29, 0.717) is 25.7 Å². The number of unbranched alkanes of at least 4 members (excludes halogenated alkanes) is 27. The van der Waals surface area contributed by atoms with Crippen LogP contribution in [0.2, 0.25) is 0 Å². The molecule has 0 bridgehead atoms. The van der Waals surface area contributed by atoms with Crippen molar-refractivity contribution in [1.29, 1.82) is 0 Å². The summed E-state index contributed by atoms with van der Waals surface area (Å²) >= 11 is 0. The summed E-state index contributed by atoms with van der Waals surface area (Å²) in [6.45, 7) is 14.0. The van der Waals surface area contributed by atoms with E-state index < -0.39 is 97.5 Å². The highest BCUT2D eigenvalue weighted by molar-refractivity contribution is 7.47. The Hall–Kier alpha value is -1.94. The number of aliphatic hydroxyl groups excluding tert-OH is 1. The zero-order valence-electron chi connectivity index (χ0n) is 55.9. The summed E-state index contributed by atoms with van der Waals surface area (Å²) in [5.74, 6) is 0.861. The number of carbonyl (C=O) groups is 4. The lowest BCUT2D eigenvalue weighted by molar-refractivity contribution is -0.161. The summed E-state index contributed by atoms with van der Waals surface area (Å²) < 4.78 is 68.1. The standard InChI is InChI=1S/C67H130O17P2/c1-9-58(6)44-36-28-20-16-12-13-17-22-33-41-49-66(71)83-62(54-78-65(70)48-40-32-25-23-29-37-45-59(7)10-2)55-81-85(73,74)79-51-61(68)52-80-86(75,76)82-56-63(84-67(72)50-42-34-26-24-30-38-46-60(8)11-3)53-77-64(69)47-39-31-21-18-14-15-19-27-35-43-57(4)5/h57-63,68H,9-56H2,1-8H3,(H,73,74)(H,75,76)/t58?,59?,60?,61-,62+,63+/m0/s1. The van der Waals surface area contributed by atoms with Crippen molar-refractivity contribution in [2.24, 2.45) is 23.7 Å². The van der Waals surface area contributed by atoms with Crippen molar-refractivity contribution in [1.82, 2.24) is 0 Å². The Balaban J connectivity index is 5.26. The normalized spacial score (nSPS) is 15.3. The molecule has 0 saturated carbocycles. The van der Waals surface area contributed by atoms with Gasteiger partial charge in [0, 0.05) is 25.7 Å². The molecule has 17 nitrogen and oxygen atoms in total. The van der Waals surface area contributed by atoms with Crippen molar-refractivity contribution < 1.29 is 80.2 Å². The number of carbonyl (C=O) groups excluding carboxylic acids is 4. The average molecular weight is 1270 g/mol. The Morgan fingerprint density at radius 3 is 0.826 bits per heavy atom. The first-order chi connectivity index (χ1) is 41.2. The predicted molar refractivity (Wildman–Crippen MR) is 344 cm³/mol. The molecule has 510 valence electrons. The van der Waals surface area contributed by atoms with Gasteiger partial charge in [-0.15, -0.1) is 0 Å². The van der Waals surface area contributed by atoms with Crippen molar-refractivity contribution in [3.63, 3.8) is 0 Å². The molecule has 8 atom stereocenters. The van der Waals surface area contributed by atoms with E-state index in [1.807, 2.05) is 0 Å². The zero-order chi connectivity index (χ0) is 63.9. The van der Waals surface area contributed by atoms with E-state index in [1.165, 1.54) is 122 Å². The number of aliphatic hydroxyl groups is 1. The molecule has 0 fully saturated rings. The van der Waals surface area contributed by atoms with Crippen molar-refractivity contribution in [3.8, 4) is 0 Å². The number of esters is 4. The largest absolute Gasteiger partial charge is 0.472 e. The molecule has 0 rings (SSSR count). The van der Waals surface area contributed by atoms with Crippen LogP contribution in [0.1, 0.15) is 325 Å². The second-order valence-corrected chi connectivity index (χ2v) is 28.3. The van der Waals surface area contributed by atoms with Crippen LogP contribution in [0.25, 0.3) is 0 Å². The second kappa shape index (κ2) is 57.0. The van der Waals surface area contributed by atoms with Gasteiger partial charge < -0.3 is 33.8 Å². The summed E-state index contributed by atoms with van der Waals surface area (Å²) in [6.07, 6.45) is 37.5. The van der Waals surface area contributed by atoms with Gasteiger partial charge in [-0.2, -0.15) is 0 Å². The number of phosphoric acid groups is 2. The number of hydrogen-bond donors (Lipinski definition) is 3. The van der Waals surface area contributed by atoms with E-state index in [4.69, 9.17) is 37.0 Å². The SMILES string of the molecule is CCC(C)CCCCCCCCCCCCC(=O)O[C@H](COC(=O)CCCCCCCCC(C)CC)COP(=O)(O)OC[C@H](O)COP(=O)(O)OC[C@@H](COC(=O)CCCCCCCCCCCC(C)C)OC(=O)CCCCCCCCC(C)CC. The van der Waals surface area contributed by atoms with E-state index in [1.54, 1.807) is 0 Å². The maximum absolute atomic E-state index is 13.0. The quantitative estimate of drug-likeness (QED) is 0.0222. The molecule has 0 saturated heterocycles. The van der Waals surface area contributed by atoms with E-state index >= 15 is 0 Å². The number of rotatable bonds is 64. The van der Waals surface area contributed by atoms with Gasteiger partial charge in [0.05, 0.1) is 26.4 Å². The van der Waals surface area contributed by atoms with Crippen LogP contribution < -0.4 is 0 Å². The lowest BCUT2D eigenvalue weighted by atomic mass is 9.99. The summed E-state index contributed by atoms with van der Waals surface area (Å²) in [6, 6.07) is 0. The first kappa shape index (κ1) is 84.1. The molecule has 86 heavy (non-hydrogen) atoms. The third-order valence-electron chi connectivity index (χ3n) is 16.4. The number of phosphoric ester groups is 2. The van der Waals surface area contributed by atoms with Gasteiger partial charge in [-0.1, -0.05) is 274 Å². The Bertz CT molecular complexity index is 1720. The first-order valence-electron chi connectivity index (χ1n) is 34.8. The van der Waals surface area contributed by atoms with Crippen LogP contribution in [0.5, 0.6) is 0 Å². The molecule has 0 heterocycles. The maximum atomic E-state index is 13.0. The van der Waals surface area contributed by atoms with Gasteiger partial charge in [-0.25, -0.2) is 9.13 Å². The van der Waals surface area contributed by atoms with Crippen LogP contribution >= 0.6 is 15.6 Å². The van der Waals surface area contributed by atoms with Gasteiger partial charge in [0.1, 0.15) is 19.3 Å². The molecule has 19 heteroatoms. The smallest absolute Gasteiger partial charge is 0.462 e. The fraction of sp³-hybridized carbons (Fsp3) is 0.940. The molecular formula is C67H130O17P2. The van der Waals surface area contributed by atoms with Crippen molar-refractivity contribution in [2.75, 3.05) is 39.6 Å². The molecule has 0 aliphatic rings. The minimum absolute atomic E-state index is 0.102. The van der Waals surface area contributed by atoms with Crippen molar-refractivity contribution >= 4 is 39.5 Å². The van der Waals surface area contributed by atoms with Gasteiger partial charge in [0.2, 0.25) is 0 Å². The fourth-order valence-corrected chi connectivity index (χ4v) is 11.4. The second-order valence-electron chi connectivity index (χ2n) is 25.4. The van der Waals surface area contributed by atoms with Gasteiger partial charge in [-0.05, 0) is 49.4 Å². The molecule has 5 unspecified atom stereocenters. The van der Waals surface area contributed by atoms with Crippen LogP contribution in [0.15, 0.2) is 0 Å². The first-order valence-corrected chi connectivity index (χ1v) is 37.8. The lowest BCUT2D eigenvalue weighted by Crippen LogP contribution is -2.30. The Morgan fingerprint density at radius 1 is 0.326 bits per heavy atom. The van der Waals surface area contributed by atoms with Gasteiger partial charge in [0.15, 0.2) is 12.2 Å². The van der Waals surface area contributed by atoms with Crippen LogP contribution in [-0.4, -0.2) is 96.7 Å². The topological polar surface area (TPSA) is 237 Å². The molecule has 0 aliphatic heterocycles. The highest BCUT2D eigenvalue weighted by Crippen LogP contribution is 2.45. The van der Waals surface area contributed by atoms with Gasteiger partial charge in [-0.3, -0.25) is 37.3 Å². The van der Waals surface area contributed by atoms with Gasteiger partial charge in [0.25, 0.3) is 0 Å². The van der Waals surface area contributed by atoms with Crippen molar-refractivity contribution in [3.05, 3.63) is 0 Å². The van der Waals surface area contributed by atoms with Crippen LogP contribution in [0.3, 0.4) is 0 Å². The summed E-state index contributed by atoms with van der Waals surface area (Å²) in [7, 11) is -9.90. The van der Waals surface area contributed by atoms with Crippen LogP contribution in [0, 0.1) is 23.7 Å². The van der Waals surface area contributed by atoms with E-state index in [-0.39, 0.29) is 25.7 Å². The van der Waals surface area contributed by atoms with Gasteiger partial charge >= 0.3 is 39.5 Å². The summed E-state index contributed by atoms with van der Waals surface area (Å²) in [4.78, 5) is 72.4. The molecular weight excluding hydrogens is 1140 g/mol. The zero-order valence-corrected chi connectivity index (χ0v) is 57.7. The Labute approximate surface area is 524 Å². The highest BCUT2D eigenvalue weighted by Gasteiger charge is 2.30. The fourth-order valence-electron chi connectivity index (χ4n) is 9.86.